The van der Waals surface area contributed by atoms with Crippen LogP contribution in [-0.4, -0.2) is 24.6 Å². The first-order chi connectivity index (χ1) is 11.6. The second-order valence-electron chi connectivity index (χ2n) is 5.99. The van der Waals surface area contributed by atoms with Crippen LogP contribution in [0, 0.1) is 0 Å². The third-order valence-electron chi connectivity index (χ3n) is 4.18. The molecular formula is C19H22N2O3. The van der Waals surface area contributed by atoms with Gasteiger partial charge in [-0.15, -0.1) is 0 Å². The van der Waals surface area contributed by atoms with Gasteiger partial charge in [-0.3, -0.25) is 4.79 Å². The molecule has 0 bridgehead atoms. The Balaban J connectivity index is 1.51. The van der Waals surface area contributed by atoms with Gasteiger partial charge in [0.05, 0.1) is 0 Å². The van der Waals surface area contributed by atoms with E-state index in [0.29, 0.717) is 19.4 Å². The zero-order valence-electron chi connectivity index (χ0n) is 13.8. The molecule has 24 heavy (non-hydrogen) atoms. The average Bonchev–Trinajstić information content (AvgIpc) is 3.07. The van der Waals surface area contributed by atoms with Crippen LogP contribution in [0.25, 0.3) is 0 Å². The van der Waals surface area contributed by atoms with E-state index >= 15 is 0 Å². The summed E-state index contributed by atoms with van der Waals surface area (Å²) < 4.78 is 10.7. The summed E-state index contributed by atoms with van der Waals surface area (Å²) in [6.07, 6.45) is 1.06. The number of hydrogen-bond acceptors (Lipinski definition) is 4. The monoisotopic (exact) mass is 326 g/mol. The van der Waals surface area contributed by atoms with E-state index in [-0.39, 0.29) is 18.7 Å². The van der Waals surface area contributed by atoms with E-state index in [1.54, 1.807) is 11.9 Å². The molecule has 1 atom stereocenters. The smallest absolute Gasteiger partial charge is 0.231 e. The largest absolute Gasteiger partial charge is 0.454 e. The molecule has 1 aliphatic heterocycles. The minimum Gasteiger partial charge on any atom is -0.454 e. The molecule has 5 nitrogen and oxygen atoms in total. The van der Waals surface area contributed by atoms with Crippen molar-refractivity contribution in [1.82, 2.24) is 4.90 Å². The Bertz CT molecular complexity index is 703. The number of amides is 1. The summed E-state index contributed by atoms with van der Waals surface area (Å²) >= 11 is 0. The number of rotatable bonds is 6. The standard InChI is InChI=1S/C19H22N2O3/c1-21(12-14-7-9-17-18(11-14)24-13-23-17)19(22)10-8-16(20)15-5-3-2-4-6-15/h2-7,9,11,16H,8,10,12-13,20H2,1H3/t16-/m0/s1. The Hall–Kier alpha value is -2.53. The van der Waals surface area contributed by atoms with Gasteiger partial charge in [-0.25, -0.2) is 0 Å². The zero-order valence-corrected chi connectivity index (χ0v) is 13.8. The second kappa shape index (κ2) is 7.36. The van der Waals surface area contributed by atoms with Crippen molar-refractivity contribution in [2.75, 3.05) is 13.8 Å². The highest BCUT2D eigenvalue weighted by molar-refractivity contribution is 5.76. The predicted molar refractivity (Wildman–Crippen MR) is 91.6 cm³/mol. The number of carbonyl (C=O) groups is 1. The molecule has 0 unspecified atom stereocenters. The molecule has 2 N–H and O–H groups in total. The van der Waals surface area contributed by atoms with Crippen LogP contribution in [0.15, 0.2) is 48.5 Å². The lowest BCUT2D eigenvalue weighted by Gasteiger charge is -2.19. The lowest BCUT2D eigenvalue weighted by Crippen LogP contribution is -2.27. The third kappa shape index (κ3) is 3.86. The molecular weight excluding hydrogens is 304 g/mol. The summed E-state index contributed by atoms with van der Waals surface area (Å²) in [7, 11) is 1.81. The summed E-state index contributed by atoms with van der Waals surface area (Å²) in [6.45, 7) is 0.793. The molecule has 3 rings (SSSR count). The van der Waals surface area contributed by atoms with Crippen molar-refractivity contribution < 1.29 is 14.3 Å². The van der Waals surface area contributed by atoms with Crippen LogP contribution in [0.3, 0.4) is 0 Å². The summed E-state index contributed by atoms with van der Waals surface area (Å²) in [4.78, 5) is 14.0. The van der Waals surface area contributed by atoms with Crippen LogP contribution in [-0.2, 0) is 11.3 Å². The fourth-order valence-electron chi connectivity index (χ4n) is 2.74. The van der Waals surface area contributed by atoms with E-state index in [1.807, 2.05) is 48.5 Å². The maximum atomic E-state index is 12.3. The van der Waals surface area contributed by atoms with Crippen LogP contribution >= 0.6 is 0 Å². The van der Waals surface area contributed by atoms with Gasteiger partial charge in [0.25, 0.3) is 0 Å². The van der Waals surface area contributed by atoms with Crippen molar-refractivity contribution in [1.29, 1.82) is 0 Å². The molecule has 0 fully saturated rings. The molecule has 1 aliphatic rings. The van der Waals surface area contributed by atoms with Crippen molar-refractivity contribution in [2.24, 2.45) is 5.73 Å². The normalized spacial score (nSPS) is 13.6. The molecule has 1 heterocycles. The second-order valence-corrected chi connectivity index (χ2v) is 5.99. The van der Waals surface area contributed by atoms with Gasteiger partial charge in [0.2, 0.25) is 12.7 Å². The SMILES string of the molecule is CN(Cc1ccc2c(c1)OCO2)C(=O)CC[C@H](N)c1ccccc1. The summed E-state index contributed by atoms with van der Waals surface area (Å²) in [5, 5.41) is 0. The summed E-state index contributed by atoms with van der Waals surface area (Å²) in [5.74, 6) is 1.57. The van der Waals surface area contributed by atoms with Crippen LogP contribution in [0.5, 0.6) is 11.5 Å². The fourth-order valence-corrected chi connectivity index (χ4v) is 2.74. The molecule has 2 aromatic rings. The number of nitrogens with zero attached hydrogens (tertiary/aromatic N) is 1. The topological polar surface area (TPSA) is 64.8 Å². The van der Waals surface area contributed by atoms with Gasteiger partial charge in [-0.05, 0) is 29.7 Å². The first-order valence-corrected chi connectivity index (χ1v) is 8.06. The Morgan fingerprint density at radius 1 is 1.17 bits per heavy atom. The lowest BCUT2D eigenvalue weighted by atomic mass is 10.0. The van der Waals surface area contributed by atoms with E-state index in [1.165, 1.54) is 0 Å². The molecule has 2 aromatic carbocycles. The highest BCUT2D eigenvalue weighted by Crippen LogP contribution is 2.32. The number of benzene rings is 2. The van der Waals surface area contributed by atoms with Crippen molar-refractivity contribution in [3.05, 3.63) is 59.7 Å². The number of hydrogen-bond donors (Lipinski definition) is 1. The Kier molecular flexibility index (Phi) is 5.01. The quantitative estimate of drug-likeness (QED) is 0.886. The molecule has 5 heteroatoms. The van der Waals surface area contributed by atoms with E-state index in [0.717, 1.165) is 22.6 Å². The van der Waals surface area contributed by atoms with Gasteiger partial charge >= 0.3 is 0 Å². The minimum atomic E-state index is -0.117. The van der Waals surface area contributed by atoms with Gasteiger partial charge in [0.1, 0.15) is 0 Å². The molecule has 0 saturated heterocycles. The molecule has 0 saturated carbocycles. The van der Waals surface area contributed by atoms with E-state index in [9.17, 15) is 4.79 Å². The molecule has 126 valence electrons. The summed E-state index contributed by atoms with van der Waals surface area (Å²) in [5.41, 5.74) is 8.23. The van der Waals surface area contributed by atoms with Gasteiger partial charge < -0.3 is 20.1 Å². The number of carbonyl (C=O) groups excluding carboxylic acids is 1. The molecule has 0 radical (unpaired) electrons. The fraction of sp³-hybridized carbons (Fsp3) is 0.316. The first kappa shape index (κ1) is 16.3. The Morgan fingerprint density at radius 2 is 1.92 bits per heavy atom. The lowest BCUT2D eigenvalue weighted by molar-refractivity contribution is -0.130. The van der Waals surface area contributed by atoms with Gasteiger partial charge in [0.15, 0.2) is 11.5 Å². The number of ether oxygens (including phenoxy) is 2. The number of fused-ring (bicyclic) bond motifs is 1. The third-order valence-corrected chi connectivity index (χ3v) is 4.18. The molecule has 0 aromatic heterocycles. The highest BCUT2D eigenvalue weighted by Gasteiger charge is 2.16. The van der Waals surface area contributed by atoms with Crippen LogP contribution < -0.4 is 15.2 Å². The number of nitrogens with two attached hydrogens (primary N) is 1. The van der Waals surface area contributed by atoms with Crippen molar-refractivity contribution in [2.45, 2.75) is 25.4 Å². The first-order valence-electron chi connectivity index (χ1n) is 8.06. The van der Waals surface area contributed by atoms with Crippen LogP contribution in [0.1, 0.15) is 30.0 Å². The molecule has 0 aliphatic carbocycles. The Morgan fingerprint density at radius 3 is 2.71 bits per heavy atom. The Labute approximate surface area is 142 Å². The maximum Gasteiger partial charge on any atom is 0.231 e. The summed E-state index contributed by atoms with van der Waals surface area (Å²) in [6, 6.07) is 15.5. The van der Waals surface area contributed by atoms with E-state index < -0.39 is 0 Å². The average molecular weight is 326 g/mol. The minimum absolute atomic E-state index is 0.0825. The van der Waals surface area contributed by atoms with Crippen molar-refractivity contribution in [3.63, 3.8) is 0 Å². The zero-order chi connectivity index (χ0) is 16.9. The van der Waals surface area contributed by atoms with Crippen LogP contribution in [0.4, 0.5) is 0 Å². The predicted octanol–water partition coefficient (Wildman–Crippen LogP) is 2.85. The van der Waals surface area contributed by atoms with E-state index in [4.69, 9.17) is 15.2 Å². The van der Waals surface area contributed by atoms with Crippen molar-refractivity contribution >= 4 is 5.91 Å². The molecule has 0 spiro atoms. The maximum absolute atomic E-state index is 12.3. The molecule has 1 amide bonds. The van der Waals surface area contributed by atoms with Crippen LogP contribution in [0.2, 0.25) is 0 Å². The highest BCUT2D eigenvalue weighted by atomic mass is 16.7. The van der Waals surface area contributed by atoms with Gasteiger partial charge in [-0.2, -0.15) is 0 Å². The van der Waals surface area contributed by atoms with Gasteiger partial charge in [-0.1, -0.05) is 36.4 Å². The van der Waals surface area contributed by atoms with Gasteiger partial charge in [0, 0.05) is 26.1 Å². The van der Waals surface area contributed by atoms with Crippen molar-refractivity contribution in [3.8, 4) is 11.5 Å². The van der Waals surface area contributed by atoms with E-state index in [2.05, 4.69) is 0 Å².